The fourth-order valence-electron chi connectivity index (χ4n) is 1.09. The molecule has 4 nitrogen and oxygen atoms in total. The van der Waals surface area contributed by atoms with Crippen LogP contribution in [-0.2, 0) is 0 Å². The standard InChI is InChI=1S/C9H6ClN3OS/c10-5-1-6(9(11)13-2-5)8(14)7-3-12-4-15-7/h1-4H,(H2,11,13). The van der Waals surface area contributed by atoms with Crippen molar-refractivity contribution in [3.8, 4) is 0 Å². The lowest BCUT2D eigenvalue weighted by atomic mass is 10.1. The van der Waals surface area contributed by atoms with Crippen LogP contribution in [0.2, 0.25) is 5.02 Å². The molecule has 2 N–H and O–H groups in total. The zero-order valence-corrected chi connectivity index (χ0v) is 9.05. The van der Waals surface area contributed by atoms with E-state index in [1.165, 1.54) is 29.8 Å². The monoisotopic (exact) mass is 239 g/mol. The molecule has 0 unspecified atom stereocenters. The molecule has 0 bridgehead atoms. The maximum absolute atomic E-state index is 11.9. The number of hydrogen-bond donors (Lipinski definition) is 1. The summed E-state index contributed by atoms with van der Waals surface area (Å²) in [5.41, 5.74) is 7.49. The van der Waals surface area contributed by atoms with E-state index in [2.05, 4.69) is 9.97 Å². The van der Waals surface area contributed by atoms with Crippen LogP contribution < -0.4 is 5.73 Å². The number of hydrogen-bond acceptors (Lipinski definition) is 5. The molecule has 6 heteroatoms. The second-order valence-electron chi connectivity index (χ2n) is 2.78. The molecule has 0 aromatic carbocycles. The highest BCUT2D eigenvalue weighted by Crippen LogP contribution is 2.20. The minimum atomic E-state index is -0.204. The van der Waals surface area contributed by atoms with Crippen LogP contribution in [0.3, 0.4) is 0 Å². The number of pyridine rings is 1. The second kappa shape index (κ2) is 3.96. The van der Waals surface area contributed by atoms with E-state index >= 15 is 0 Å². The Morgan fingerprint density at radius 1 is 1.47 bits per heavy atom. The summed E-state index contributed by atoms with van der Waals surface area (Å²) in [5, 5.41) is 0.386. The summed E-state index contributed by atoms with van der Waals surface area (Å²) in [7, 11) is 0. The summed E-state index contributed by atoms with van der Waals surface area (Å²) < 4.78 is 0. The summed E-state index contributed by atoms with van der Waals surface area (Å²) in [4.78, 5) is 20.0. The number of ketones is 1. The van der Waals surface area contributed by atoms with E-state index in [0.29, 0.717) is 15.5 Å². The van der Waals surface area contributed by atoms with E-state index in [-0.39, 0.29) is 11.6 Å². The van der Waals surface area contributed by atoms with E-state index in [0.717, 1.165) is 0 Å². The van der Waals surface area contributed by atoms with Gasteiger partial charge in [-0.25, -0.2) is 4.98 Å². The van der Waals surface area contributed by atoms with Crippen molar-refractivity contribution in [2.24, 2.45) is 0 Å². The van der Waals surface area contributed by atoms with E-state index < -0.39 is 0 Å². The number of carbonyl (C=O) groups is 1. The molecule has 0 aliphatic carbocycles. The number of nitrogens with zero attached hydrogens (tertiary/aromatic N) is 2. The van der Waals surface area contributed by atoms with Crippen molar-refractivity contribution < 1.29 is 4.79 Å². The SMILES string of the molecule is Nc1ncc(Cl)cc1C(=O)c1cncs1. The zero-order chi connectivity index (χ0) is 10.8. The predicted molar refractivity (Wildman–Crippen MR) is 59.2 cm³/mol. The average molecular weight is 240 g/mol. The molecule has 0 atom stereocenters. The highest BCUT2D eigenvalue weighted by molar-refractivity contribution is 7.11. The smallest absolute Gasteiger partial charge is 0.208 e. The number of carbonyl (C=O) groups excluding carboxylic acids is 1. The van der Waals surface area contributed by atoms with Gasteiger partial charge in [-0.05, 0) is 6.07 Å². The van der Waals surface area contributed by atoms with Crippen LogP contribution in [0, 0.1) is 0 Å². The van der Waals surface area contributed by atoms with Gasteiger partial charge >= 0.3 is 0 Å². The fraction of sp³-hybridized carbons (Fsp3) is 0. The Hall–Kier alpha value is -1.46. The van der Waals surface area contributed by atoms with Crippen LogP contribution in [0.4, 0.5) is 5.82 Å². The number of nitrogens with two attached hydrogens (primary N) is 1. The van der Waals surface area contributed by atoms with Crippen molar-refractivity contribution in [1.82, 2.24) is 9.97 Å². The van der Waals surface area contributed by atoms with Gasteiger partial charge in [0.15, 0.2) is 0 Å². The summed E-state index contributed by atoms with van der Waals surface area (Å²) >= 11 is 6.99. The molecule has 0 spiro atoms. The molecule has 0 aliphatic rings. The summed E-state index contributed by atoms with van der Waals surface area (Å²) in [6.07, 6.45) is 2.90. The zero-order valence-electron chi connectivity index (χ0n) is 7.48. The third-order valence-electron chi connectivity index (χ3n) is 1.79. The molecule has 0 saturated carbocycles. The first kappa shape index (κ1) is 10.1. The van der Waals surface area contributed by atoms with Gasteiger partial charge in [0.05, 0.1) is 21.0 Å². The Morgan fingerprint density at radius 3 is 2.93 bits per heavy atom. The lowest BCUT2D eigenvalue weighted by Gasteiger charge is -2.01. The molecule has 0 saturated heterocycles. The lowest BCUT2D eigenvalue weighted by Crippen LogP contribution is -2.05. The van der Waals surface area contributed by atoms with Crippen LogP contribution in [0.5, 0.6) is 0 Å². The molecular weight excluding hydrogens is 234 g/mol. The molecular formula is C9H6ClN3OS. The molecule has 0 aliphatic heterocycles. The Morgan fingerprint density at radius 2 is 2.27 bits per heavy atom. The summed E-state index contributed by atoms with van der Waals surface area (Å²) in [6.45, 7) is 0. The van der Waals surface area contributed by atoms with Gasteiger partial charge in [0.25, 0.3) is 0 Å². The van der Waals surface area contributed by atoms with Gasteiger partial charge in [0.1, 0.15) is 5.82 Å². The number of halogens is 1. The van der Waals surface area contributed by atoms with Crippen LogP contribution in [-0.4, -0.2) is 15.8 Å². The Bertz CT molecular complexity index is 498. The fourth-order valence-corrected chi connectivity index (χ4v) is 1.82. The van der Waals surface area contributed by atoms with E-state index in [4.69, 9.17) is 17.3 Å². The first-order valence-corrected chi connectivity index (χ1v) is 5.28. The Balaban J connectivity index is 2.46. The van der Waals surface area contributed by atoms with E-state index in [9.17, 15) is 4.79 Å². The number of nitrogen functional groups attached to an aromatic ring is 1. The van der Waals surface area contributed by atoms with Crippen LogP contribution in [0.25, 0.3) is 0 Å². The average Bonchev–Trinajstić information content (AvgIpc) is 2.74. The molecule has 0 radical (unpaired) electrons. The number of thiazole rings is 1. The molecule has 2 rings (SSSR count). The van der Waals surface area contributed by atoms with Crippen molar-refractivity contribution in [3.05, 3.63) is 39.4 Å². The number of anilines is 1. The van der Waals surface area contributed by atoms with Crippen molar-refractivity contribution in [2.45, 2.75) is 0 Å². The second-order valence-corrected chi connectivity index (χ2v) is 4.10. The first-order chi connectivity index (χ1) is 7.18. The maximum Gasteiger partial charge on any atom is 0.208 e. The number of aromatic nitrogens is 2. The molecule has 15 heavy (non-hydrogen) atoms. The lowest BCUT2D eigenvalue weighted by molar-refractivity contribution is 0.104. The van der Waals surface area contributed by atoms with Gasteiger partial charge in [-0.1, -0.05) is 11.6 Å². The normalized spacial score (nSPS) is 10.2. The van der Waals surface area contributed by atoms with E-state index in [1.54, 1.807) is 5.51 Å². The molecule has 0 fully saturated rings. The molecule has 2 heterocycles. The Kier molecular flexibility index (Phi) is 2.66. The van der Waals surface area contributed by atoms with Crippen LogP contribution in [0.1, 0.15) is 15.2 Å². The molecule has 2 aromatic heterocycles. The van der Waals surface area contributed by atoms with Crippen molar-refractivity contribution in [3.63, 3.8) is 0 Å². The van der Waals surface area contributed by atoms with Crippen molar-refractivity contribution in [2.75, 3.05) is 5.73 Å². The number of rotatable bonds is 2. The minimum Gasteiger partial charge on any atom is -0.383 e. The maximum atomic E-state index is 11.9. The molecule has 2 aromatic rings. The summed E-state index contributed by atoms with van der Waals surface area (Å²) in [5.74, 6) is -0.0252. The highest BCUT2D eigenvalue weighted by Gasteiger charge is 2.14. The van der Waals surface area contributed by atoms with Crippen LogP contribution in [0.15, 0.2) is 24.0 Å². The quantitative estimate of drug-likeness (QED) is 0.814. The highest BCUT2D eigenvalue weighted by atomic mass is 35.5. The van der Waals surface area contributed by atoms with Crippen LogP contribution >= 0.6 is 22.9 Å². The first-order valence-electron chi connectivity index (χ1n) is 4.02. The Labute approximate surface area is 94.7 Å². The summed E-state index contributed by atoms with van der Waals surface area (Å²) in [6, 6.07) is 1.51. The van der Waals surface area contributed by atoms with Gasteiger partial charge in [-0.2, -0.15) is 0 Å². The third-order valence-corrected chi connectivity index (χ3v) is 2.76. The predicted octanol–water partition coefficient (Wildman–Crippen LogP) is 2.00. The van der Waals surface area contributed by atoms with Gasteiger partial charge < -0.3 is 5.73 Å². The van der Waals surface area contributed by atoms with Gasteiger partial charge in [0, 0.05) is 12.4 Å². The topological polar surface area (TPSA) is 68.9 Å². The minimum absolute atomic E-state index is 0.179. The van der Waals surface area contributed by atoms with Gasteiger partial charge in [-0.15, -0.1) is 11.3 Å². The largest absolute Gasteiger partial charge is 0.383 e. The third kappa shape index (κ3) is 1.98. The van der Waals surface area contributed by atoms with E-state index in [1.807, 2.05) is 0 Å². The van der Waals surface area contributed by atoms with Gasteiger partial charge in [-0.3, -0.25) is 9.78 Å². The molecule has 76 valence electrons. The van der Waals surface area contributed by atoms with Crippen molar-refractivity contribution >= 4 is 34.5 Å². The molecule has 0 amide bonds. The van der Waals surface area contributed by atoms with Gasteiger partial charge in [0.2, 0.25) is 5.78 Å². The van der Waals surface area contributed by atoms with Crippen molar-refractivity contribution in [1.29, 1.82) is 0 Å².